The summed E-state index contributed by atoms with van der Waals surface area (Å²) in [7, 11) is 0. The maximum atomic E-state index is 13.2. The predicted octanol–water partition coefficient (Wildman–Crippen LogP) is 3.31. The van der Waals surface area contributed by atoms with Gasteiger partial charge in [0.15, 0.2) is 0 Å². The molecule has 0 aliphatic carbocycles. The summed E-state index contributed by atoms with van der Waals surface area (Å²) < 4.78 is 0. The molecule has 1 aromatic carbocycles. The van der Waals surface area contributed by atoms with E-state index in [1.807, 2.05) is 12.1 Å². The standard InChI is InChI=1S/C24H29ClN6O4/c1-2-7-24(8-3-4-9-31(21(24)32)23(34)35)28-22(33)30-12-10-29(11-13-30)19-15-20(26)27-18-14-16(25)5-6-17(18)19/h2,5-6,14-15H,1,3-4,7-13H2,(H2,26,27)(H,28,33)(H,34,35)/t24-/m1/s1. The first-order valence-electron chi connectivity index (χ1n) is 11.6. The van der Waals surface area contributed by atoms with Gasteiger partial charge in [-0.05, 0) is 43.9 Å². The number of nitrogen functional groups attached to an aromatic ring is 1. The van der Waals surface area contributed by atoms with E-state index in [1.165, 1.54) is 0 Å². The molecule has 186 valence electrons. The minimum atomic E-state index is -1.32. The number of halogens is 1. The molecule has 3 heterocycles. The molecule has 4 amide bonds. The topological polar surface area (TPSA) is 132 Å². The molecule has 0 bridgehead atoms. The van der Waals surface area contributed by atoms with Gasteiger partial charge in [0, 0.05) is 54.9 Å². The second-order valence-corrected chi connectivity index (χ2v) is 9.34. The van der Waals surface area contributed by atoms with Gasteiger partial charge in [-0.3, -0.25) is 4.79 Å². The molecule has 11 heteroatoms. The Labute approximate surface area is 208 Å². The molecular weight excluding hydrogens is 472 g/mol. The summed E-state index contributed by atoms with van der Waals surface area (Å²) in [5.74, 6) is -0.219. The number of nitrogens with two attached hydrogens (primary N) is 1. The van der Waals surface area contributed by atoms with Gasteiger partial charge in [0.05, 0.1) is 5.52 Å². The molecule has 2 aliphatic rings. The van der Waals surface area contributed by atoms with Crippen LogP contribution in [-0.4, -0.2) is 76.2 Å². The number of hydrogen-bond donors (Lipinski definition) is 3. The highest BCUT2D eigenvalue weighted by molar-refractivity contribution is 6.31. The Hall–Kier alpha value is -3.53. The maximum Gasteiger partial charge on any atom is 0.414 e. The summed E-state index contributed by atoms with van der Waals surface area (Å²) >= 11 is 6.11. The Morgan fingerprint density at radius 2 is 1.94 bits per heavy atom. The van der Waals surface area contributed by atoms with E-state index >= 15 is 0 Å². The molecule has 0 saturated carbocycles. The van der Waals surface area contributed by atoms with Gasteiger partial charge >= 0.3 is 12.1 Å². The number of benzene rings is 1. The van der Waals surface area contributed by atoms with Crippen LogP contribution in [0.25, 0.3) is 10.9 Å². The number of anilines is 2. The predicted molar refractivity (Wildman–Crippen MR) is 135 cm³/mol. The number of hydrogen-bond acceptors (Lipinski definition) is 6. The number of imide groups is 1. The summed E-state index contributed by atoms with van der Waals surface area (Å²) in [4.78, 5) is 47.0. The van der Waals surface area contributed by atoms with Crippen LogP contribution in [0.3, 0.4) is 0 Å². The number of carbonyl (C=O) groups is 3. The number of nitrogens with one attached hydrogen (secondary N) is 1. The van der Waals surface area contributed by atoms with E-state index in [0.29, 0.717) is 61.8 Å². The molecule has 0 unspecified atom stereocenters. The summed E-state index contributed by atoms with van der Waals surface area (Å²) in [6.45, 7) is 5.79. The quantitative estimate of drug-likeness (QED) is 0.548. The van der Waals surface area contributed by atoms with Gasteiger partial charge in [0.25, 0.3) is 5.91 Å². The lowest BCUT2D eigenvalue weighted by atomic mass is 9.88. The molecule has 2 aliphatic heterocycles. The van der Waals surface area contributed by atoms with Crippen LogP contribution in [0.2, 0.25) is 5.02 Å². The lowest BCUT2D eigenvalue weighted by molar-refractivity contribution is -0.135. The molecule has 0 radical (unpaired) electrons. The monoisotopic (exact) mass is 500 g/mol. The molecule has 35 heavy (non-hydrogen) atoms. The number of fused-ring (bicyclic) bond motifs is 1. The van der Waals surface area contributed by atoms with Crippen molar-refractivity contribution in [1.29, 1.82) is 0 Å². The van der Waals surface area contributed by atoms with E-state index in [4.69, 9.17) is 17.3 Å². The van der Waals surface area contributed by atoms with E-state index in [1.54, 1.807) is 23.1 Å². The smallest absolute Gasteiger partial charge is 0.414 e. The van der Waals surface area contributed by atoms with Crippen molar-refractivity contribution < 1.29 is 19.5 Å². The highest BCUT2D eigenvalue weighted by Gasteiger charge is 2.45. The SMILES string of the molecule is C=CC[C@@]1(NC(=O)N2CCN(c3cc(N)nc4cc(Cl)ccc34)CC2)CCCCN(C(=O)O)C1=O. The number of carboxylic acid groups (broad SMARTS) is 1. The van der Waals surface area contributed by atoms with Crippen LogP contribution in [0, 0.1) is 0 Å². The number of amides is 4. The average Bonchev–Trinajstić information content (AvgIpc) is 2.97. The Balaban J connectivity index is 1.49. The average molecular weight is 501 g/mol. The van der Waals surface area contributed by atoms with Crippen molar-refractivity contribution in [2.75, 3.05) is 43.4 Å². The lowest BCUT2D eigenvalue weighted by Gasteiger charge is -2.39. The zero-order chi connectivity index (χ0) is 25.2. The Morgan fingerprint density at radius 1 is 1.20 bits per heavy atom. The van der Waals surface area contributed by atoms with Crippen LogP contribution in [-0.2, 0) is 4.79 Å². The van der Waals surface area contributed by atoms with Gasteiger partial charge in [0.1, 0.15) is 11.4 Å². The fourth-order valence-corrected chi connectivity index (χ4v) is 5.01. The van der Waals surface area contributed by atoms with E-state index in [-0.39, 0.29) is 13.0 Å². The minimum Gasteiger partial charge on any atom is -0.465 e. The number of piperazine rings is 1. The Kier molecular flexibility index (Phi) is 7.02. The number of nitrogens with zero attached hydrogens (tertiary/aromatic N) is 4. The number of carbonyl (C=O) groups excluding carboxylic acids is 2. The first-order chi connectivity index (χ1) is 16.7. The van der Waals surface area contributed by atoms with Crippen molar-refractivity contribution in [3.8, 4) is 0 Å². The molecule has 10 nitrogen and oxygen atoms in total. The van der Waals surface area contributed by atoms with Crippen molar-refractivity contribution in [3.05, 3.63) is 41.9 Å². The first-order valence-corrected chi connectivity index (χ1v) is 12.0. The highest BCUT2D eigenvalue weighted by atomic mass is 35.5. The number of likely N-dealkylation sites (tertiary alicyclic amines) is 1. The third kappa shape index (κ3) is 4.97. The van der Waals surface area contributed by atoms with E-state index in [9.17, 15) is 19.5 Å². The molecule has 4 rings (SSSR count). The molecular formula is C24H29ClN6O4. The number of urea groups is 1. The van der Waals surface area contributed by atoms with Gasteiger partial charge in [-0.15, -0.1) is 6.58 Å². The van der Waals surface area contributed by atoms with Gasteiger partial charge in [0.2, 0.25) is 0 Å². The minimum absolute atomic E-state index is 0.121. The van der Waals surface area contributed by atoms with Gasteiger partial charge in [-0.25, -0.2) is 19.5 Å². The molecule has 2 fully saturated rings. The number of rotatable bonds is 4. The fourth-order valence-electron chi connectivity index (χ4n) is 4.85. The van der Waals surface area contributed by atoms with Gasteiger partial charge < -0.3 is 26.0 Å². The van der Waals surface area contributed by atoms with Crippen LogP contribution in [0.15, 0.2) is 36.9 Å². The van der Waals surface area contributed by atoms with Crippen molar-refractivity contribution in [2.45, 2.75) is 31.2 Å². The van der Waals surface area contributed by atoms with E-state index in [0.717, 1.165) is 16.0 Å². The largest absolute Gasteiger partial charge is 0.465 e. The molecule has 1 atom stereocenters. The van der Waals surface area contributed by atoms with Gasteiger partial charge in [-0.2, -0.15) is 0 Å². The Morgan fingerprint density at radius 3 is 2.63 bits per heavy atom. The third-order valence-electron chi connectivity index (χ3n) is 6.64. The molecule has 4 N–H and O–H groups in total. The Bertz CT molecular complexity index is 1160. The zero-order valence-electron chi connectivity index (χ0n) is 19.4. The van der Waals surface area contributed by atoms with Crippen molar-refractivity contribution >= 4 is 52.0 Å². The van der Waals surface area contributed by atoms with Crippen LogP contribution in [0.5, 0.6) is 0 Å². The summed E-state index contributed by atoms with van der Waals surface area (Å²) in [6, 6.07) is 6.90. The lowest BCUT2D eigenvalue weighted by Crippen LogP contribution is -2.63. The summed E-state index contributed by atoms with van der Waals surface area (Å²) in [5, 5.41) is 13.9. The second-order valence-electron chi connectivity index (χ2n) is 8.90. The molecule has 0 spiro atoms. The maximum absolute atomic E-state index is 13.2. The molecule has 2 aromatic rings. The van der Waals surface area contributed by atoms with E-state index < -0.39 is 23.6 Å². The van der Waals surface area contributed by atoms with E-state index in [2.05, 4.69) is 21.8 Å². The number of aromatic nitrogens is 1. The highest BCUT2D eigenvalue weighted by Crippen LogP contribution is 2.31. The van der Waals surface area contributed by atoms with Crippen molar-refractivity contribution in [3.63, 3.8) is 0 Å². The van der Waals surface area contributed by atoms with Crippen LogP contribution in [0.1, 0.15) is 25.7 Å². The van der Waals surface area contributed by atoms with Crippen LogP contribution >= 0.6 is 11.6 Å². The zero-order valence-corrected chi connectivity index (χ0v) is 20.1. The molecule has 2 saturated heterocycles. The number of pyridine rings is 1. The summed E-state index contributed by atoms with van der Waals surface area (Å²) in [5.41, 5.74) is 6.32. The van der Waals surface area contributed by atoms with Gasteiger partial charge in [-0.1, -0.05) is 17.7 Å². The molecule has 1 aromatic heterocycles. The summed E-state index contributed by atoms with van der Waals surface area (Å²) in [6.07, 6.45) is 1.94. The third-order valence-corrected chi connectivity index (χ3v) is 6.87. The first kappa shape index (κ1) is 24.6. The second kappa shape index (κ2) is 9.99. The van der Waals surface area contributed by atoms with Crippen molar-refractivity contribution in [1.82, 2.24) is 20.1 Å². The van der Waals surface area contributed by atoms with Crippen LogP contribution in [0.4, 0.5) is 21.1 Å². The van der Waals surface area contributed by atoms with Crippen molar-refractivity contribution in [2.24, 2.45) is 0 Å². The van der Waals surface area contributed by atoms with Crippen LogP contribution < -0.4 is 16.0 Å². The normalized spacial score (nSPS) is 21.1. The fraction of sp³-hybridized carbons (Fsp3) is 0.417.